The van der Waals surface area contributed by atoms with Crippen LogP contribution >= 0.6 is 0 Å². The van der Waals surface area contributed by atoms with Crippen LogP contribution in [0.1, 0.15) is 25.3 Å². The van der Waals surface area contributed by atoms with Crippen LogP contribution in [0.4, 0.5) is 0 Å². The Kier molecular flexibility index (Phi) is 5.81. The fraction of sp³-hybridized carbons (Fsp3) is 0.529. The van der Waals surface area contributed by atoms with Gasteiger partial charge in [0.1, 0.15) is 5.75 Å². The number of piperazine rings is 1. The number of hydrogen-bond acceptors (Lipinski definition) is 3. The van der Waals surface area contributed by atoms with E-state index >= 15 is 0 Å². The molecule has 1 saturated heterocycles. The molecule has 2 amide bonds. The number of ether oxygens (including phenoxy) is 1. The van der Waals surface area contributed by atoms with Gasteiger partial charge in [0.05, 0.1) is 0 Å². The monoisotopic (exact) mass is 304 g/mol. The molecule has 0 radical (unpaired) electrons. The van der Waals surface area contributed by atoms with Gasteiger partial charge in [0.25, 0.3) is 5.91 Å². The number of rotatable bonds is 5. The summed E-state index contributed by atoms with van der Waals surface area (Å²) in [4.78, 5) is 27.6. The predicted octanol–water partition coefficient (Wildman–Crippen LogP) is 1.84. The van der Waals surface area contributed by atoms with Gasteiger partial charge in [-0.15, -0.1) is 0 Å². The summed E-state index contributed by atoms with van der Waals surface area (Å²) in [6.07, 6.45) is 1.45. The number of carbonyl (C=O) groups is 2. The molecule has 0 saturated carbocycles. The van der Waals surface area contributed by atoms with Gasteiger partial charge in [-0.1, -0.05) is 19.1 Å². The number of benzene rings is 1. The minimum Gasteiger partial charge on any atom is -0.484 e. The average Bonchev–Trinajstić information content (AvgIpc) is 2.53. The molecule has 120 valence electrons. The molecule has 0 aromatic heterocycles. The highest BCUT2D eigenvalue weighted by Crippen LogP contribution is 2.13. The Labute approximate surface area is 131 Å². The predicted molar refractivity (Wildman–Crippen MR) is 84.7 cm³/mol. The van der Waals surface area contributed by atoms with Gasteiger partial charge < -0.3 is 14.5 Å². The molecule has 5 heteroatoms. The summed E-state index contributed by atoms with van der Waals surface area (Å²) in [5.41, 5.74) is 1.10. The van der Waals surface area contributed by atoms with Crippen molar-refractivity contribution in [2.45, 2.75) is 26.7 Å². The van der Waals surface area contributed by atoms with Gasteiger partial charge in [0, 0.05) is 32.6 Å². The van der Waals surface area contributed by atoms with E-state index in [1.807, 2.05) is 43.0 Å². The molecule has 1 aliphatic rings. The molecule has 2 rings (SSSR count). The van der Waals surface area contributed by atoms with E-state index in [9.17, 15) is 9.59 Å². The van der Waals surface area contributed by atoms with Crippen LogP contribution in [-0.2, 0) is 9.59 Å². The SMILES string of the molecule is CCCC(=O)N1CCN(C(=O)COc2cccc(C)c2)CC1. The first-order valence-electron chi connectivity index (χ1n) is 7.85. The van der Waals surface area contributed by atoms with Gasteiger partial charge in [-0.3, -0.25) is 9.59 Å². The Hall–Kier alpha value is -2.04. The quantitative estimate of drug-likeness (QED) is 0.834. The minimum absolute atomic E-state index is 0.0240. The van der Waals surface area contributed by atoms with Gasteiger partial charge in [0.2, 0.25) is 5.91 Å². The lowest BCUT2D eigenvalue weighted by Gasteiger charge is -2.34. The molecule has 0 spiro atoms. The van der Waals surface area contributed by atoms with E-state index in [1.54, 1.807) is 4.90 Å². The average molecular weight is 304 g/mol. The second kappa shape index (κ2) is 7.82. The van der Waals surface area contributed by atoms with Crippen molar-refractivity contribution in [1.82, 2.24) is 9.80 Å². The van der Waals surface area contributed by atoms with Gasteiger partial charge in [-0.25, -0.2) is 0 Å². The van der Waals surface area contributed by atoms with E-state index in [-0.39, 0.29) is 18.4 Å². The molecule has 0 N–H and O–H groups in total. The second-order valence-corrected chi connectivity index (χ2v) is 5.62. The van der Waals surface area contributed by atoms with Crippen LogP contribution in [0.2, 0.25) is 0 Å². The maximum Gasteiger partial charge on any atom is 0.260 e. The van der Waals surface area contributed by atoms with Crippen molar-refractivity contribution in [3.8, 4) is 5.75 Å². The maximum absolute atomic E-state index is 12.2. The Morgan fingerprint density at radius 2 is 1.73 bits per heavy atom. The highest BCUT2D eigenvalue weighted by molar-refractivity contribution is 5.79. The lowest BCUT2D eigenvalue weighted by atomic mass is 10.2. The lowest BCUT2D eigenvalue weighted by Crippen LogP contribution is -2.51. The molecule has 1 heterocycles. The molecule has 5 nitrogen and oxygen atoms in total. The summed E-state index contributed by atoms with van der Waals surface area (Å²) >= 11 is 0. The van der Waals surface area contributed by atoms with E-state index in [1.165, 1.54) is 0 Å². The maximum atomic E-state index is 12.2. The van der Waals surface area contributed by atoms with Crippen LogP contribution < -0.4 is 4.74 Å². The summed E-state index contributed by atoms with van der Waals surface area (Å²) in [5, 5.41) is 0. The van der Waals surface area contributed by atoms with Crippen molar-refractivity contribution in [2.24, 2.45) is 0 Å². The Bertz CT molecular complexity index is 522. The summed E-state index contributed by atoms with van der Waals surface area (Å²) in [6.45, 7) is 6.45. The van der Waals surface area contributed by atoms with Gasteiger partial charge in [-0.05, 0) is 31.0 Å². The molecule has 1 aliphatic heterocycles. The van der Waals surface area contributed by atoms with Crippen molar-refractivity contribution in [2.75, 3.05) is 32.8 Å². The van der Waals surface area contributed by atoms with Crippen LogP contribution in [0, 0.1) is 6.92 Å². The largest absolute Gasteiger partial charge is 0.484 e. The molecule has 0 bridgehead atoms. The second-order valence-electron chi connectivity index (χ2n) is 5.62. The third kappa shape index (κ3) is 4.48. The number of nitrogens with zero attached hydrogens (tertiary/aromatic N) is 2. The van der Waals surface area contributed by atoms with E-state index in [2.05, 4.69) is 0 Å². The number of aryl methyl sites for hydroxylation is 1. The van der Waals surface area contributed by atoms with Crippen LogP contribution in [0.5, 0.6) is 5.75 Å². The van der Waals surface area contributed by atoms with Crippen molar-refractivity contribution < 1.29 is 14.3 Å². The first-order chi connectivity index (χ1) is 10.6. The third-order valence-corrected chi connectivity index (χ3v) is 3.80. The number of hydrogen-bond donors (Lipinski definition) is 0. The highest BCUT2D eigenvalue weighted by Gasteiger charge is 2.23. The first kappa shape index (κ1) is 16.3. The third-order valence-electron chi connectivity index (χ3n) is 3.80. The molecule has 22 heavy (non-hydrogen) atoms. The van der Waals surface area contributed by atoms with E-state index in [0.29, 0.717) is 38.3 Å². The van der Waals surface area contributed by atoms with Crippen molar-refractivity contribution in [1.29, 1.82) is 0 Å². The standard InChI is InChI=1S/C17H24N2O3/c1-3-5-16(20)18-8-10-19(11-9-18)17(21)13-22-15-7-4-6-14(2)12-15/h4,6-7,12H,3,5,8-11,13H2,1-2H3. The van der Waals surface area contributed by atoms with Crippen molar-refractivity contribution in [3.63, 3.8) is 0 Å². The summed E-state index contributed by atoms with van der Waals surface area (Å²) < 4.78 is 5.54. The smallest absolute Gasteiger partial charge is 0.260 e. The molecule has 0 unspecified atom stereocenters. The molecule has 1 aromatic carbocycles. The minimum atomic E-state index is -0.0240. The molecular weight excluding hydrogens is 280 g/mol. The van der Waals surface area contributed by atoms with E-state index in [4.69, 9.17) is 4.74 Å². The zero-order chi connectivity index (χ0) is 15.9. The molecule has 0 aliphatic carbocycles. The van der Waals surface area contributed by atoms with E-state index in [0.717, 1.165) is 12.0 Å². The van der Waals surface area contributed by atoms with E-state index < -0.39 is 0 Å². The van der Waals surface area contributed by atoms with Crippen LogP contribution in [0.3, 0.4) is 0 Å². The zero-order valence-electron chi connectivity index (χ0n) is 13.4. The molecule has 1 aromatic rings. The van der Waals surface area contributed by atoms with Crippen LogP contribution in [0.15, 0.2) is 24.3 Å². The Morgan fingerprint density at radius 1 is 1.09 bits per heavy atom. The van der Waals surface area contributed by atoms with Crippen LogP contribution in [0.25, 0.3) is 0 Å². The van der Waals surface area contributed by atoms with Crippen LogP contribution in [-0.4, -0.2) is 54.4 Å². The molecule has 0 atom stereocenters. The summed E-state index contributed by atoms with van der Waals surface area (Å²) in [5.74, 6) is 0.875. The fourth-order valence-electron chi connectivity index (χ4n) is 2.52. The highest BCUT2D eigenvalue weighted by atomic mass is 16.5. The first-order valence-corrected chi connectivity index (χ1v) is 7.85. The lowest BCUT2D eigenvalue weighted by molar-refractivity contribution is -0.140. The summed E-state index contributed by atoms with van der Waals surface area (Å²) in [7, 11) is 0. The molecule has 1 fully saturated rings. The topological polar surface area (TPSA) is 49.9 Å². The number of amides is 2. The molecular formula is C17H24N2O3. The van der Waals surface area contributed by atoms with Crippen molar-refractivity contribution in [3.05, 3.63) is 29.8 Å². The van der Waals surface area contributed by atoms with Gasteiger partial charge >= 0.3 is 0 Å². The van der Waals surface area contributed by atoms with Gasteiger partial charge in [-0.2, -0.15) is 0 Å². The van der Waals surface area contributed by atoms with Gasteiger partial charge in [0.15, 0.2) is 6.61 Å². The fourth-order valence-corrected chi connectivity index (χ4v) is 2.52. The summed E-state index contributed by atoms with van der Waals surface area (Å²) in [6, 6.07) is 7.66. The zero-order valence-corrected chi connectivity index (χ0v) is 13.4. The van der Waals surface area contributed by atoms with Crippen molar-refractivity contribution >= 4 is 11.8 Å². The normalized spacial score (nSPS) is 14.8. The Morgan fingerprint density at radius 3 is 2.32 bits per heavy atom. The number of carbonyl (C=O) groups excluding carboxylic acids is 2. The Balaban J connectivity index is 1.76.